The zero-order valence-corrected chi connectivity index (χ0v) is 23.4. The first-order valence-corrected chi connectivity index (χ1v) is 11.9. The molecule has 0 aliphatic carbocycles. The molecule has 2 heterocycles. The number of fused-ring (bicyclic) bond motifs is 2. The Balaban J connectivity index is 0.00000267. The third kappa shape index (κ3) is 6.30. The summed E-state index contributed by atoms with van der Waals surface area (Å²) in [5, 5.41) is 7.20. The van der Waals surface area contributed by atoms with Crippen molar-refractivity contribution in [1.82, 2.24) is 9.97 Å². The normalized spacial score (nSPS) is 10.7. The average molecular weight is 568 g/mol. The van der Waals surface area contributed by atoms with Gasteiger partial charge in [-0.2, -0.15) is 0 Å². The number of benzene rings is 2. The number of nitrogen functional groups attached to an aromatic ring is 2. The lowest BCUT2D eigenvalue weighted by Gasteiger charge is -2.29. The van der Waals surface area contributed by atoms with Gasteiger partial charge >= 0.3 is 0 Å². The van der Waals surface area contributed by atoms with Gasteiger partial charge in [-0.15, -0.1) is 38.0 Å². The van der Waals surface area contributed by atoms with E-state index in [0.717, 1.165) is 22.4 Å². The van der Waals surface area contributed by atoms with E-state index in [1.54, 1.807) is 60.7 Å². The second-order valence-electron chi connectivity index (χ2n) is 9.15. The first-order chi connectivity index (χ1) is 17.7. The third-order valence-corrected chi connectivity index (χ3v) is 6.31. The molecule has 0 aliphatic rings. The first-order valence-electron chi connectivity index (χ1n) is 11.9. The van der Waals surface area contributed by atoms with Crippen LogP contribution in [0.1, 0.15) is 24.2 Å². The maximum Gasteiger partial charge on any atom is 0.240 e. The zero-order valence-electron chi connectivity index (χ0n) is 21.8. The number of aromatic nitrogens is 2. The Hall–Kier alpha value is -4.14. The van der Waals surface area contributed by atoms with Crippen LogP contribution in [0.4, 0.5) is 22.7 Å². The van der Waals surface area contributed by atoms with Crippen LogP contribution in [-0.4, -0.2) is 21.8 Å². The van der Waals surface area contributed by atoms with E-state index >= 15 is 0 Å². The van der Waals surface area contributed by atoms with Crippen LogP contribution >= 0.6 is 24.8 Å². The maximum atomic E-state index is 13.7. The summed E-state index contributed by atoms with van der Waals surface area (Å²) in [5.41, 5.74) is 16.0. The monoisotopic (exact) mass is 566 g/mol. The molecule has 204 valence electrons. The molecule has 39 heavy (non-hydrogen) atoms. The molecule has 0 bridgehead atoms. The van der Waals surface area contributed by atoms with Crippen molar-refractivity contribution in [3.05, 3.63) is 85.2 Å². The highest BCUT2D eigenvalue weighted by molar-refractivity contribution is 6.15. The summed E-state index contributed by atoms with van der Waals surface area (Å²) in [7, 11) is 0. The predicted octanol–water partition coefficient (Wildman–Crippen LogP) is 6.12. The molecule has 4 aromatic rings. The highest BCUT2D eigenvalue weighted by Gasteiger charge is 2.44. The second-order valence-corrected chi connectivity index (χ2v) is 9.15. The standard InChI is InChI=1S/C29H30N6O2.2ClH/c1-5-11-29(12-6-2,27(36)34-19-7-9-25-21(15-19)23(30)13-17(3)32-25)28(37)35-20-8-10-26-22(16-20)24(31)14-18(4)33-26;;/h5-10,13-16H,1-2,11-12H2,3-4H3,(H2,30,32)(H2,31,33)(H,34,36)(H,35,37);2*1H. The van der Waals surface area contributed by atoms with E-state index in [1.807, 2.05) is 13.8 Å². The van der Waals surface area contributed by atoms with Crippen molar-refractivity contribution in [3.63, 3.8) is 0 Å². The van der Waals surface area contributed by atoms with Crippen molar-refractivity contribution in [2.45, 2.75) is 26.7 Å². The van der Waals surface area contributed by atoms with Crippen molar-refractivity contribution < 1.29 is 9.59 Å². The van der Waals surface area contributed by atoms with Crippen LogP contribution in [0.2, 0.25) is 0 Å². The van der Waals surface area contributed by atoms with Crippen molar-refractivity contribution in [2.24, 2.45) is 5.41 Å². The minimum absolute atomic E-state index is 0. The molecular formula is C29H32Cl2N6O2. The highest BCUT2D eigenvalue weighted by Crippen LogP contribution is 2.34. The number of nitrogens with one attached hydrogen (secondary N) is 2. The van der Waals surface area contributed by atoms with Gasteiger partial charge in [-0.25, -0.2) is 0 Å². The average Bonchev–Trinajstić information content (AvgIpc) is 2.84. The molecule has 0 spiro atoms. The van der Waals surface area contributed by atoms with E-state index < -0.39 is 17.2 Å². The summed E-state index contributed by atoms with van der Waals surface area (Å²) in [4.78, 5) is 36.3. The van der Waals surface area contributed by atoms with Gasteiger partial charge in [0.05, 0.1) is 11.0 Å². The SMILES string of the molecule is C=CCC(CC=C)(C(=O)Nc1ccc2nc(C)cc(N)c2c1)C(=O)Nc1ccc2nc(C)cc(N)c2c1.Cl.Cl. The Morgan fingerprint density at radius 2 is 1.15 bits per heavy atom. The van der Waals surface area contributed by atoms with E-state index in [4.69, 9.17) is 11.5 Å². The molecule has 0 aliphatic heterocycles. The molecule has 8 nitrogen and oxygen atoms in total. The number of nitrogens with two attached hydrogens (primary N) is 2. The molecule has 0 unspecified atom stereocenters. The van der Waals surface area contributed by atoms with Gasteiger partial charge < -0.3 is 22.1 Å². The number of carbonyl (C=O) groups excluding carboxylic acids is 2. The lowest BCUT2D eigenvalue weighted by atomic mass is 9.78. The summed E-state index contributed by atoms with van der Waals surface area (Å²) in [6, 6.07) is 14.1. The molecule has 2 aromatic heterocycles. The summed E-state index contributed by atoms with van der Waals surface area (Å²) in [6.45, 7) is 11.3. The number of carbonyl (C=O) groups is 2. The van der Waals surface area contributed by atoms with Gasteiger partial charge in [0.25, 0.3) is 0 Å². The molecule has 0 fully saturated rings. The fourth-order valence-corrected chi connectivity index (χ4v) is 4.49. The minimum atomic E-state index is -1.48. The Bertz CT molecular complexity index is 1450. The topological polar surface area (TPSA) is 136 Å². The van der Waals surface area contributed by atoms with Crippen LogP contribution in [-0.2, 0) is 9.59 Å². The number of rotatable bonds is 8. The number of hydrogen-bond acceptors (Lipinski definition) is 6. The number of allylic oxidation sites excluding steroid dienone is 2. The number of anilines is 4. The van der Waals surface area contributed by atoms with Crippen molar-refractivity contribution in [3.8, 4) is 0 Å². The van der Waals surface area contributed by atoms with E-state index in [1.165, 1.54) is 0 Å². The molecule has 2 aromatic carbocycles. The molecule has 10 heteroatoms. The Kier molecular flexibility index (Phi) is 10.0. The quantitative estimate of drug-likeness (QED) is 0.150. The largest absolute Gasteiger partial charge is 0.398 e. The van der Waals surface area contributed by atoms with E-state index in [2.05, 4.69) is 33.8 Å². The fraction of sp³-hybridized carbons (Fsp3) is 0.172. The summed E-state index contributed by atoms with van der Waals surface area (Å²) < 4.78 is 0. The molecule has 4 rings (SSSR count). The number of nitrogens with zero attached hydrogens (tertiary/aromatic N) is 2. The van der Waals surface area contributed by atoms with E-state index in [0.29, 0.717) is 33.5 Å². The van der Waals surface area contributed by atoms with Crippen LogP contribution in [0.25, 0.3) is 21.8 Å². The molecule has 0 saturated heterocycles. The Morgan fingerprint density at radius 3 is 1.51 bits per heavy atom. The summed E-state index contributed by atoms with van der Waals surface area (Å²) in [6.07, 6.45) is 3.31. The lowest BCUT2D eigenvalue weighted by Crippen LogP contribution is -2.45. The molecule has 6 N–H and O–H groups in total. The van der Waals surface area contributed by atoms with Gasteiger partial charge in [0, 0.05) is 44.9 Å². The van der Waals surface area contributed by atoms with Gasteiger partial charge in [0.2, 0.25) is 11.8 Å². The molecule has 0 radical (unpaired) electrons. The molecule has 0 atom stereocenters. The fourth-order valence-electron chi connectivity index (χ4n) is 4.49. The number of aryl methyl sites for hydroxylation is 2. The molecule has 2 amide bonds. The minimum Gasteiger partial charge on any atom is -0.398 e. The Labute approximate surface area is 239 Å². The smallest absolute Gasteiger partial charge is 0.240 e. The first kappa shape index (κ1) is 31.1. The van der Waals surface area contributed by atoms with Gasteiger partial charge in [0.15, 0.2) is 0 Å². The second kappa shape index (κ2) is 12.6. The molecular weight excluding hydrogens is 535 g/mol. The van der Waals surface area contributed by atoms with Crippen molar-refractivity contribution >= 4 is 81.2 Å². The maximum absolute atomic E-state index is 13.7. The van der Waals surface area contributed by atoms with Crippen molar-refractivity contribution in [1.29, 1.82) is 0 Å². The van der Waals surface area contributed by atoms with Gasteiger partial charge in [0.1, 0.15) is 5.41 Å². The van der Waals surface area contributed by atoms with Gasteiger partial charge in [-0.1, -0.05) is 12.2 Å². The lowest BCUT2D eigenvalue weighted by molar-refractivity contribution is -0.137. The van der Waals surface area contributed by atoms with Gasteiger partial charge in [-0.05, 0) is 75.2 Å². The number of pyridine rings is 2. The van der Waals surface area contributed by atoms with Crippen LogP contribution in [0.5, 0.6) is 0 Å². The number of hydrogen-bond donors (Lipinski definition) is 4. The number of halogens is 2. The van der Waals surface area contributed by atoms with Crippen LogP contribution in [0.15, 0.2) is 73.8 Å². The van der Waals surface area contributed by atoms with Crippen LogP contribution in [0.3, 0.4) is 0 Å². The number of amides is 2. The molecule has 0 saturated carbocycles. The summed E-state index contributed by atoms with van der Waals surface area (Å²) >= 11 is 0. The van der Waals surface area contributed by atoms with Crippen molar-refractivity contribution in [2.75, 3.05) is 22.1 Å². The predicted molar refractivity (Wildman–Crippen MR) is 166 cm³/mol. The summed E-state index contributed by atoms with van der Waals surface area (Å²) in [5.74, 6) is -0.972. The van der Waals surface area contributed by atoms with E-state index in [9.17, 15) is 9.59 Å². The van der Waals surface area contributed by atoms with E-state index in [-0.39, 0.29) is 37.7 Å². The zero-order chi connectivity index (χ0) is 26.7. The van der Waals surface area contributed by atoms with Crippen LogP contribution in [0, 0.1) is 19.3 Å². The van der Waals surface area contributed by atoms with Crippen LogP contribution < -0.4 is 22.1 Å². The highest BCUT2D eigenvalue weighted by atomic mass is 35.5. The Morgan fingerprint density at radius 1 is 0.769 bits per heavy atom. The third-order valence-electron chi connectivity index (χ3n) is 6.31. The van der Waals surface area contributed by atoms with Gasteiger partial charge in [-0.3, -0.25) is 19.6 Å².